The highest BCUT2D eigenvalue weighted by Crippen LogP contribution is 2.49. The zero-order valence-electron chi connectivity index (χ0n) is 66.2. The molecule has 0 bridgehead atoms. The number of anilines is 6. The molecule has 0 aliphatic rings. The van der Waals surface area contributed by atoms with Gasteiger partial charge in [-0.3, -0.25) is 0 Å². The zero-order valence-corrected chi connectivity index (χ0v) is 67.0. The lowest BCUT2D eigenvalue weighted by Gasteiger charge is -2.26. The highest BCUT2D eigenvalue weighted by molar-refractivity contribution is 7.25. The summed E-state index contributed by atoms with van der Waals surface area (Å²) in [5.74, 6) is 0. The topological polar surface area (TPSA) is 29.5 Å². The minimum atomic E-state index is 0.865. The largest absolute Gasteiger partial charge is 0.454 e. The van der Waals surface area contributed by atoms with Crippen molar-refractivity contribution in [3.63, 3.8) is 0 Å². The molecule has 0 amide bonds. The van der Waals surface area contributed by atoms with Crippen molar-refractivity contribution in [1.29, 1.82) is 0 Å². The molecule has 0 atom stereocenters. The van der Waals surface area contributed by atoms with Crippen LogP contribution in [0.5, 0.6) is 0 Å². The van der Waals surface area contributed by atoms with Gasteiger partial charge >= 0.3 is 0 Å². The molecule has 0 spiro atoms. The van der Waals surface area contributed by atoms with Gasteiger partial charge in [0, 0.05) is 91.7 Å². The van der Waals surface area contributed by atoms with Gasteiger partial charge in [-0.05, 0) is 231 Å². The lowest BCUT2D eigenvalue weighted by atomic mass is 9.94. The van der Waals surface area contributed by atoms with E-state index in [1.807, 2.05) is 17.4 Å². The molecule has 26 rings (SSSR count). The second-order valence-corrected chi connectivity index (χ2v) is 33.2. The standard InChI is InChI=1S/C58H36N2O.C58H36N2S/c1-2-15-42-38(13-1)14-11-24-53(42)60-54-23-9-7-20-48(54)52-35-39(29-34-55(52)60)37-27-30-40(31-28-37)59(56-25-12-22-50-49-21-8-10-26-57(49)61-58(50)56)41-32-33-47-45-18-4-3-16-43(45)44-17-5-6-19-46(44)51(47)36-41;1-2-14-43-38(12-1)13-11-22-54(43)60-55-21-9-7-19-49(55)52-34-39(26-32-56(52)60)37-24-27-40(28-25-37)59(42-30-33-58-53(36-42)50-20-8-10-23-57(50)61-58)41-29-31-48-46-17-4-3-15-44(46)45-16-5-6-18-47(45)51(48)35-41/h2*1-36H. The molecule has 0 fully saturated rings. The molecule has 122 heavy (non-hydrogen) atoms. The van der Waals surface area contributed by atoms with Crippen LogP contribution < -0.4 is 9.80 Å². The molecule has 5 nitrogen and oxygen atoms in total. The second-order valence-electron chi connectivity index (χ2n) is 32.1. The monoisotopic (exact) mass is 1570 g/mol. The van der Waals surface area contributed by atoms with Crippen LogP contribution in [0.25, 0.3) is 206 Å². The van der Waals surface area contributed by atoms with E-state index in [0.717, 1.165) is 61.6 Å². The van der Waals surface area contributed by atoms with E-state index in [-0.39, 0.29) is 0 Å². The Labute approximate surface area is 706 Å². The maximum Gasteiger partial charge on any atom is 0.159 e. The Bertz CT molecular complexity index is 8720. The van der Waals surface area contributed by atoms with E-state index in [1.54, 1.807) is 0 Å². The minimum absolute atomic E-state index is 0.865. The van der Waals surface area contributed by atoms with E-state index in [1.165, 1.54) is 178 Å². The third kappa shape index (κ3) is 11.0. The number of thiophene rings is 1. The summed E-state index contributed by atoms with van der Waals surface area (Å²) < 4.78 is 14.2. The first-order valence-electron chi connectivity index (χ1n) is 41.8. The van der Waals surface area contributed by atoms with Crippen molar-refractivity contribution in [2.75, 3.05) is 9.80 Å². The lowest BCUT2D eigenvalue weighted by Crippen LogP contribution is -2.10. The number of furan rings is 1. The molecule has 568 valence electrons. The van der Waals surface area contributed by atoms with Crippen molar-refractivity contribution >= 4 is 217 Å². The van der Waals surface area contributed by atoms with Crippen molar-refractivity contribution in [3.05, 3.63) is 437 Å². The summed E-state index contributed by atoms with van der Waals surface area (Å²) in [5, 5.41) is 29.9. The van der Waals surface area contributed by atoms with Crippen LogP contribution in [0.3, 0.4) is 0 Å². The number of nitrogens with zero attached hydrogens (tertiary/aromatic N) is 4. The molecule has 22 aromatic carbocycles. The second kappa shape index (κ2) is 27.9. The molecular weight excluding hydrogens is 1500 g/mol. The summed E-state index contributed by atoms with van der Waals surface area (Å²) in [6, 6.07) is 160. The molecule has 0 aliphatic carbocycles. The summed E-state index contributed by atoms with van der Waals surface area (Å²) in [6.45, 7) is 0. The van der Waals surface area contributed by atoms with Crippen LogP contribution in [0.1, 0.15) is 0 Å². The molecule has 26 aromatic rings. The van der Waals surface area contributed by atoms with Gasteiger partial charge < -0.3 is 23.4 Å². The maximum atomic E-state index is 6.71. The first kappa shape index (κ1) is 69.3. The van der Waals surface area contributed by atoms with E-state index in [9.17, 15) is 0 Å². The molecule has 0 saturated heterocycles. The van der Waals surface area contributed by atoms with Crippen LogP contribution in [0.4, 0.5) is 34.1 Å². The Morgan fingerprint density at radius 2 is 0.525 bits per heavy atom. The van der Waals surface area contributed by atoms with Crippen LogP contribution in [-0.2, 0) is 0 Å². The average molecular weight is 1570 g/mol. The molecule has 0 unspecified atom stereocenters. The van der Waals surface area contributed by atoms with E-state index < -0.39 is 0 Å². The Morgan fingerprint density at radius 3 is 1.03 bits per heavy atom. The summed E-state index contributed by atoms with van der Waals surface area (Å²) in [7, 11) is 0. The number of hydrogen-bond donors (Lipinski definition) is 0. The molecule has 0 radical (unpaired) electrons. The third-order valence-electron chi connectivity index (χ3n) is 25.5. The minimum Gasteiger partial charge on any atom is -0.454 e. The van der Waals surface area contributed by atoms with Gasteiger partial charge in [0.25, 0.3) is 0 Å². The molecule has 4 heterocycles. The number of hydrogen-bond acceptors (Lipinski definition) is 4. The number of benzene rings is 22. The van der Waals surface area contributed by atoms with Crippen LogP contribution in [0.2, 0.25) is 0 Å². The first-order valence-corrected chi connectivity index (χ1v) is 42.7. The Morgan fingerprint density at radius 1 is 0.189 bits per heavy atom. The van der Waals surface area contributed by atoms with E-state index >= 15 is 0 Å². The third-order valence-corrected chi connectivity index (χ3v) is 26.6. The molecule has 4 aromatic heterocycles. The van der Waals surface area contributed by atoms with Crippen molar-refractivity contribution in [2.24, 2.45) is 0 Å². The molecule has 6 heteroatoms. The fourth-order valence-electron chi connectivity index (χ4n) is 19.9. The normalized spacial score (nSPS) is 11.9. The van der Waals surface area contributed by atoms with Crippen LogP contribution >= 0.6 is 11.3 Å². The van der Waals surface area contributed by atoms with Gasteiger partial charge in [-0.15, -0.1) is 11.3 Å². The SMILES string of the molecule is c1ccc2c(-n3c4ccccc4c4cc(-c5ccc(N(c6ccc7c8ccccc8c8ccccc8c7c6)c6cccc7c6oc6ccccc67)cc5)ccc43)cccc2c1.c1ccc2c(-n3c4ccccc4c4cc(-c5ccc(N(c6ccc7sc8ccccc8c7c6)c6ccc7c8ccccc8c8ccccc8c7c6)cc5)ccc43)cccc2c1. The van der Waals surface area contributed by atoms with Gasteiger partial charge in [-0.25, -0.2) is 0 Å². The van der Waals surface area contributed by atoms with Crippen LogP contribution in [-0.4, -0.2) is 9.13 Å². The lowest BCUT2D eigenvalue weighted by molar-refractivity contribution is 0.669. The summed E-state index contributed by atoms with van der Waals surface area (Å²) in [6.07, 6.45) is 0. The summed E-state index contributed by atoms with van der Waals surface area (Å²) in [5.41, 5.74) is 20.1. The Balaban J connectivity index is 0.000000134. The number of fused-ring (bicyclic) bond motifs is 26. The number of aromatic nitrogens is 2. The molecule has 0 aliphatic heterocycles. The van der Waals surface area contributed by atoms with Crippen molar-refractivity contribution in [3.8, 4) is 33.6 Å². The van der Waals surface area contributed by atoms with Gasteiger partial charge in [0.1, 0.15) is 5.58 Å². The fraction of sp³-hybridized carbons (Fsp3) is 0. The van der Waals surface area contributed by atoms with Gasteiger partial charge in [0.2, 0.25) is 0 Å². The van der Waals surface area contributed by atoms with E-state index in [4.69, 9.17) is 4.42 Å². The van der Waals surface area contributed by atoms with Gasteiger partial charge in [0.05, 0.1) is 39.1 Å². The summed E-state index contributed by atoms with van der Waals surface area (Å²) >= 11 is 1.86. The molecule has 0 saturated carbocycles. The molecular formula is C116H72N4OS. The van der Waals surface area contributed by atoms with E-state index in [0.29, 0.717) is 0 Å². The van der Waals surface area contributed by atoms with Gasteiger partial charge in [-0.1, -0.05) is 303 Å². The Kier molecular flexibility index (Phi) is 15.8. The van der Waals surface area contributed by atoms with Crippen LogP contribution in [0, 0.1) is 0 Å². The quantitative estimate of drug-likeness (QED) is 0.128. The van der Waals surface area contributed by atoms with E-state index in [2.05, 4.69) is 450 Å². The number of para-hydroxylation sites is 4. The fourth-order valence-corrected chi connectivity index (χ4v) is 21.0. The average Bonchev–Trinajstić information content (AvgIpc) is 1.17. The highest BCUT2D eigenvalue weighted by Gasteiger charge is 2.25. The zero-order chi connectivity index (χ0) is 80.0. The predicted molar refractivity (Wildman–Crippen MR) is 522 cm³/mol. The highest BCUT2D eigenvalue weighted by atomic mass is 32.1. The molecule has 0 N–H and O–H groups in total. The smallest absolute Gasteiger partial charge is 0.159 e. The maximum absolute atomic E-state index is 6.71. The van der Waals surface area contributed by atoms with Crippen LogP contribution in [0.15, 0.2) is 441 Å². The Hall–Kier alpha value is -15.9. The van der Waals surface area contributed by atoms with Crippen molar-refractivity contribution < 1.29 is 4.42 Å². The van der Waals surface area contributed by atoms with Crippen molar-refractivity contribution in [1.82, 2.24) is 9.13 Å². The first-order chi connectivity index (χ1) is 60.5. The van der Waals surface area contributed by atoms with Gasteiger partial charge in [-0.2, -0.15) is 0 Å². The summed E-state index contributed by atoms with van der Waals surface area (Å²) in [4.78, 5) is 4.79. The van der Waals surface area contributed by atoms with Gasteiger partial charge in [0.15, 0.2) is 5.58 Å². The van der Waals surface area contributed by atoms with Crippen molar-refractivity contribution in [2.45, 2.75) is 0 Å². The predicted octanol–water partition coefficient (Wildman–Crippen LogP) is 33.3. The number of rotatable bonds is 10.